The van der Waals surface area contributed by atoms with Crippen molar-refractivity contribution in [3.05, 3.63) is 17.0 Å². The molecular weight excluding hydrogens is 363 g/mol. The van der Waals surface area contributed by atoms with Crippen LogP contribution in [0.15, 0.2) is 4.52 Å². The van der Waals surface area contributed by atoms with E-state index in [1.54, 1.807) is 0 Å². The third-order valence-corrected chi connectivity index (χ3v) is 5.42. The van der Waals surface area contributed by atoms with Gasteiger partial charge in [0.1, 0.15) is 5.76 Å². The number of hydrogen-bond donors (Lipinski definition) is 1. The lowest BCUT2D eigenvalue weighted by Gasteiger charge is -2.40. The predicted octanol–water partition coefficient (Wildman–Crippen LogP) is 2.54. The van der Waals surface area contributed by atoms with E-state index in [2.05, 4.69) is 23.9 Å². The molecule has 0 radical (unpaired) electrons. The SMILES string of the molecule is CCC(CC)(CN)C(=O)N1CCN(Cc2c(C)noc2C)CC1.Cl.Cl. The topological polar surface area (TPSA) is 75.6 Å². The van der Waals surface area contributed by atoms with Crippen molar-refractivity contribution in [3.63, 3.8) is 0 Å². The zero-order valence-corrected chi connectivity index (χ0v) is 17.3. The van der Waals surface area contributed by atoms with Gasteiger partial charge in [0.25, 0.3) is 0 Å². The van der Waals surface area contributed by atoms with Gasteiger partial charge in [0.2, 0.25) is 5.91 Å². The van der Waals surface area contributed by atoms with E-state index < -0.39 is 0 Å². The molecule has 146 valence electrons. The Morgan fingerprint density at radius 3 is 2.12 bits per heavy atom. The fourth-order valence-corrected chi connectivity index (χ4v) is 3.32. The molecule has 0 saturated carbocycles. The van der Waals surface area contributed by atoms with E-state index in [0.717, 1.165) is 57.0 Å². The Morgan fingerprint density at radius 2 is 1.72 bits per heavy atom. The van der Waals surface area contributed by atoms with Crippen molar-refractivity contribution in [2.75, 3.05) is 32.7 Å². The van der Waals surface area contributed by atoms with Gasteiger partial charge in [0.15, 0.2) is 0 Å². The Hall–Kier alpha value is -0.820. The van der Waals surface area contributed by atoms with Gasteiger partial charge in [-0.1, -0.05) is 19.0 Å². The zero-order valence-electron chi connectivity index (χ0n) is 15.7. The van der Waals surface area contributed by atoms with E-state index >= 15 is 0 Å². The number of halogens is 2. The lowest BCUT2D eigenvalue weighted by atomic mass is 9.81. The monoisotopic (exact) mass is 394 g/mol. The summed E-state index contributed by atoms with van der Waals surface area (Å²) >= 11 is 0. The number of nitrogens with two attached hydrogens (primary N) is 1. The summed E-state index contributed by atoms with van der Waals surface area (Å²) in [6.45, 7) is 12.6. The largest absolute Gasteiger partial charge is 0.361 e. The van der Waals surface area contributed by atoms with Crippen LogP contribution in [-0.2, 0) is 11.3 Å². The number of aryl methyl sites for hydroxylation is 2. The minimum atomic E-state index is -0.385. The number of carbonyl (C=O) groups is 1. The van der Waals surface area contributed by atoms with Crippen LogP contribution in [0.3, 0.4) is 0 Å². The molecule has 0 atom stereocenters. The van der Waals surface area contributed by atoms with Crippen molar-refractivity contribution in [2.24, 2.45) is 11.1 Å². The molecule has 1 saturated heterocycles. The quantitative estimate of drug-likeness (QED) is 0.801. The maximum absolute atomic E-state index is 12.8. The summed E-state index contributed by atoms with van der Waals surface area (Å²) in [6, 6.07) is 0. The minimum absolute atomic E-state index is 0. The van der Waals surface area contributed by atoms with E-state index in [9.17, 15) is 4.79 Å². The molecule has 25 heavy (non-hydrogen) atoms. The second kappa shape index (κ2) is 10.4. The third kappa shape index (κ3) is 5.09. The van der Waals surface area contributed by atoms with Crippen molar-refractivity contribution >= 4 is 30.7 Å². The van der Waals surface area contributed by atoms with Crippen molar-refractivity contribution in [1.29, 1.82) is 0 Å². The fourth-order valence-electron chi connectivity index (χ4n) is 3.32. The zero-order chi connectivity index (χ0) is 17.0. The molecule has 1 aromatic heterocycles. The summed E-state index contributed by atoms with van der Waals surface area (Å²) < 4.78 is 5.23. The van der Waals surface area contributed by atoms with Crippen LogP contribution in [0, 0.1) is 19.3 Å². The predicted molar refractivity (Wildman–Crippen MR) is 104 cm³/mol. The highest BCUT2D eigenvalue weighted by Gasteiger charge is 2.37. The number of aromatic nitrogens is 1. The van der Waals surface area contributed by atoms with Gasteiger partial charge < -0.3 is 15.2 Å². The van der Waals surface area contributed by atoms with Crippen LogP contribution in [0.4, 0.5) is 0 Å². The fraction of sp³-hybridized carbons (Fsp3) is 0.765. The first kappa shape index (κ1) is 24.2. The number of rotatable bonds is 6. The summed E-state index contributed by atoms with van der Waals surface area (Å²) in [4.78, 5) is 17.2. The van der Waals surface area contributed by atoms with Crippen LogP contribution < -0.4 is 5.73 Å². The molecule has 8 heteroatoms. The van der Waals surface area contributed by atoms with Crippen LogP contribution >= 0.6 is 24.8 Å². The summed E-state index contributed by atoms with van der Waals surface area (Å²) in [6.07, 6.45) is 1.61. The molecule has 2 N–H and O–H groups in total. The Kier molecular flexibility index (Phi) is 10.0. The first-order valence-electron chi connectivity index (χ1n) is 8.61. The van der Waals surface area contributed by atoms with Crippen LogP contribution in [0.1, 0.15) is 43.7 Å². The van der Waals surface area contributed by atoms with Crippen molar-refractivity contribution in [3.8, 4) is 0 Å². The second-order valence-corrected chi connectivity index (χ2v) is 6.56. The molecule has 0 bridgehead atoms. The molecule has 6 nitrogen and oxygen atoms in total. The van der Waals surface area contributed by atoms with Crippen LogP contribution in [0.25, 0.3) is 0 Å². The van der Waals surface area contributed by atoms with Gasteiger partial charge in [-0.2, -0.15) is 0 Å². The van der Waals surface area contributed by atoms with E-state index in [1.807, 2.05) is 18.7 Å². The second-order valence-electron chi connectivity index (χ2n) is 6.56. The average molecular weight is 395 g/mol. The molecule has 1 aliphatic heterocycles. The Morgan fingerprint density at radius 1 is 1.16 bits per heavy atom. The molecular formula is C17H32Cl2N4O2. The Bertz CT molecular complexity index is 511. The van der Waals surface area contributed by atoms with E-state index in [-0.39, 0.29) is 36.1 Å². The molecule has 2 heterocycles. The number of amides is 1. The standard InChI is InChI=1S/C17H30N4O2.2ClH/c1-5-17(6-2,12-18)16(22)21-9-7-20(8-10-21)11-15-13(3)19-23-14(15)4;;/h5-12,18H2,1-4H3;2*1H. The number of nitrogens with zero attached hydrogens (tertiary/aromatic N) is 3. The molecule has 0 aliphatic carbocycles. The molecule has 1 aromatic rings. The highest BCUT2D eigenvalue weighted by atomic mass is 35.5. The number of carbonyl (C=O) groups excluding carboxylic acids is 1. The molecule has 0 aromatic carbocycles. The van der Waals surface area contributed by atoms with Gasteiger partial charge in [0, 0.05) is 44.8 Å². The normalized spacial score (nSPS) is 15.5. The van der Waals surface area contributed by atoms with E-state index in [0.29, 0.717) is 6.54 Å². The van der Waals surface area contributed by atoms with Crippen molar-refractivity contribution in [1.82, 2.24) is 15.0 Å². The van der Waals surface area contributed by atoms with Crippen LogP contribution in [0.2, 0.25) is 0 Å². The van der Waals surface area contributed by atoms with Gasteiger partial charge >= 0.3 is 0 Å². The first-order valence-corrected chi connectivity index (χ1v) is 8.61. The highest BCUT2D eigenvalue weighted by molar-refractivity contribution is 5.85. The first-order chi connectivity index (χ1) is 11.0. The molecule has 0 unspecified atom stereocenters. The van der Waals surface area contributed by atoms with Gasteiger partial charge in [-0.3, -0.25) is 9.69 Å². The smallest absolute Gasteiger partial charge is 0.230 e. The molecule has 2 rings (SSSR count). The molecule has 1 aliphatic rings. The Balaban J connectivity index is 0.00000288. The van der Waals surface area contributed by atoms with Crippen LogP contribution in [-0.4, -0.2) is 53.6 Å². The summed E-state index contributed by atoms with van der Waals surface area (Å²) in [5.41, 5.74) is 7.66. The Labute approximate surface area is 163 Å². The van der Waals surface area contributed by atoms with Crippen molar-refractivity contribution in [2.45, 2.75) is 47.1 Å². The van der Waals surface area contributed by atoms with Crippen molar-refractivity contribution < 1.29 is 9.32 Å². The van der Waals surface area contributed by atoms with E-state index in [1.165, 1.54) is 5.56 Å². The van der Waals surface area contributed by atoms with Crippen LogP contribution in [0.5, 0.6) is 0 Å². The van der Waals surface area contributed by atoms with Gasteiger partial charge in [-0.05, 0) is 26.7 Å². The van der Waals surface area contributed by atoms with E-state index in [4.69, 9.17) is 10.3 Å². The lowest BCUT2D eigenvalue weighted by molar-refractivity contribution is -0.144. The number of hydrogen-bond acceptors (Lipinski definition) is 5. The summed E-state index contributed by atoms with van der Waals surface area (Å²) in [7, 11) is 0. The molecule has 1 amide bonds. The van der Waals surface area contributed by atoms with Gasteiger partial charge in [-0.25, -0.2) is 0 Å². The van der Waals surface area contributed by atoms with Gasteiger partial charge in [-0.15, -0.1) is 24.8 Å². The maximum Gasteiger partial charge on any atom is 0.230 e. The minimum Gasteiger partial charge on any atom is -0.361 e. The lowest BCUT2D eigenvalue weighted by Crippen LogP contribution is -2.54. The summed E-state index contributed by atoms with van der Waals surface area (Å²) in [5, 5.41) is 4.01. The van der Waals surface area contributed by atoms with Gasteiger partial charge in [0.05, 0.1) is 11.1 Å². The average Bonchev–Trinajstić information content (AvgIpc) is 2.89. The molecule has 1 fully saturated rings. The number of piperazine rings is 1. The third-order valence-electron chi connectivity index (χ3n) is 5.42. The molecule has 0 spiro atoms. The summed E-state index contributed by atoms with van der Waals surface area (Å²) in [5.74, 6) is 1.11. The maximum atomic E-state index is 12.8. The highest BCUT2D eigenvalue weighted by Crippen LogP contribution is 2.28.